The third kappa shape index (κ3) is 5.01. The summed E-state index contributed by atoms with van der Waals surface area (Å²) in [5.74, 6) is -0.404. The predicted molar refractivity (Wildman–Crippen MR) is 108 cm³/mol. The minimum Gasteiger partial charge on any atom is -0.340 e. The van der Waals surface area contributed by atoms with Crippen molar-refractivity contribution in [2.45, 2.75) is 26.3 Å². The number of pyridine rings is 1. The average molecular weight is 398 g/mol. The zero-order chi connectivity index (χ0) is 20.1. The average Bonchev–Trinajstić information content (AvgIpc) is 3.32. The van der Waals surface area contributed by atoms with Gasteiger partial charge in [-0.05, 0) is 18.4 Å². The van der Waals surface area contributed by atoms with Crippen molar-refractivity contribution in [1.29, 1.82) is 0 Å². The molecule has 3 aromatic rings. The zero-order valence-corrected chi connectivity index (χ0v) is 16.7. The van der Waals surface area contributed by atoms with E-state index in [1.165, 1.54) is 17.5 Å². The number of aryl methyl sites for hydroxylation is 1. The van der Waals surface area contributed by atoms with Crippen molar-refractivity contribution in [2.24, 2.45) is 13.0 Å². The lowest BCUT2D eigenvalue weighted by atomic mass is 10.0. The highest BCUT2D eigenvalue weighted by atomic mass is 32.1. The first-order valence-electron chi connectivity index (χ1n) is 8.87. The monoisotopic (exact) mass is 398 g/mol. The summed E-state index contributed by atoms with van der Waals surface area (Å²) in [7, 11) is 1.82. The summed E-state index contributed by atoms with van der Waals surface area (Å²) in [6, 6.07) is 1.07. The van der Waals surface area contributed by atoms with E-state index in [0.29, 0.717) is 17.1 Å². The Bertz CT molecular complexity index is 951. The van der Waals surface area contributed by atoms with E-state index in [1.807, 2.05) is 27.1 Å². The van der Waals surface area contributed by atoms with Crippen molar-refractivity contribution >= 4 is 28.3 Å². The van der Waals surface area contributed by atoms with Gasteiger partial charge in [-0.15, -0.1) is 11.3 Å². The Balaban J connectivity index is 1.75. The largest absolute Gasteiger partial charge is 0.340 e. The van der Waals surface area contributed by atoms with Gasteiger partial charge in [0, 0.05) is 48.3 Å². The van der Waals surface area contributed by atoms with Crippen LogP contribution >= 0.6 is 11.3 Å². The first-order valence-corrected chi connectivity index (χ1v) is 9.75. The molecule has 8 nitrogen and oxygen atoms in total. The van der Waals surface area contributed by atoms with Gasteiger partial charge in [0.15, 0.2) is 5.13 Å². The summed E-state index contributed by atoms with van der Waals surface area (Å²) in [5, 5.41) is 12.0. The number of hydrogen-bond acceptors (Lipinski definition) is 6. The number of aromatic nitrogens is 4. The standard InChI is InChI=1S/C19H22N6O2S/c1-12(2)6-16(18(27)24-19-21-4-5-28-19)23-17(26)14-7-13(8-20-9-14)15-10-22-25(3)11-15/h4-5,7-12,16H,6H2,1-3H3,(H,23,26)(H,21,24,27). The van der Waals surface area contributed by atoms with Crippen LogP contribution in [0.2, 0.25) is 0 Å². The number of carbonyl (C=O) groups excluding carboxylic acids is 2. The van der Waals surface area contributed by atoms with E-state index >= 15 is 0 Å². The molecular weight excluding hydrogens is 376 g/mol. The van der Waals surface area contributed by atoms with Gasteiger partial charge < -0.3 is 10.6 Å². The fourth-order valence-corrected chi connectivity index (χ4v) is 3.25. The van der Waals surface area contributed by atoms with E-state index in [4.69, 9.17) is 0 Å². The van der Waals surface area contributed by atoms with Crippen LogP contribution in [0.5, 0.6) is 0 Å². The molecule has 0 saturated carbocycles. The van der Waals surface area contributed by atoms with Gasteiger partial charge in [-0.3, -0.25) is 19.3 Å². The highest BCUT2D eigenvalue weighted by Gasteiger charge is 2.23. The number of nitrogens with zero attached hydrogens (tertiary/aromatic N) is 4. The summed E-state index contributed by atoms with van der Waals surface area (Å²) < 4.78 is 1.68. The van der Waals surface area contributed by atoms with Gasteiger partial charge >= 0.3 is 0 Å². The second-order valence-electron chi connectivity index (χ2n) is 6.85. The molecule has 1 atom stereocenters. The van der Waals surface area contributed by atoms with Crippen molar-refractivity contribution in [1.82, 2.24) is 25.1 Å². The number of nitrogens with one attached hydrogen (secondary N) is 2. The molecule has 0 aliphatic heterocycles. The quantitative estimate of drug-likeness (QED) is 0.637. The number of hydrogen-bond donors (Lipinski definition) is 2. The summed E-state index contributed by atoms with van der Waals surface area (Å²) in [5.41, 5.74) is 2.04. The van der Waals surface area contributed by atoms with E-state index in [9.17, 15) is 9.59 Å². The van der Waals surface area contributed by atoms with Gasteiger partial charge in [-0.25, -0.2) is 4.98 Å². The molecule has 1 unspecified atom stereocenters. The Morgan fingerprint density at radius 1 is 1.21 bits per heavy atom. The molecule has 0 radical (unpaired) electrons. The molecule has 28 heavy (non-hydrogen) atoms. The van der Waals surface area contributed by atoms with E-state index in [-0.39, 0.29) is 17.7 Å². The SMILES string of the molecule is CC(C)CC(NC(=O)c1cncc(-c2cnn(C)c2)c1)C(=O)Nc1nccs1. The highest BCUT2D eigenvalue weighted by Crippen LogP contribution is 2.19. The maximum atomic E-state index is 12.8. The van der Waals surface area contributed by atoms with Gasteiger partial charge in [-0.1, -0.05) is 13.8 Å². The van der Waals surface area contributed by atoms with Crippen LogP contribution in [0, 0.1) is 5.92 Å². The maximum Gasteiger partial charge on any atom is 0.253 e. The Kier molecular flexibility index (Phi) is 6.15. The van der Waals surface area contributed by atoms with Crippen molar-refractivity contribution in [3.8, 4) is 11.1 Å². The Labute approximate surface area is 167 Å². The number of carbonyl (C=O) groups is 2. The van der Waals surface area contributed by atoms with Crippen LogP contribution in [-0.4, -0.2) is 37.6 Å². The van der Waals surface area contributed by atoms with Gasteiger partial charge in [-0.2, -0.15) is 5.10 Å². The first-order chi connectivity index (χ1) is 13.4. The smallest absolute Gasteiger partial charge is 0.253 e. The molecule has 3 heterocycles. The summed E-state index contributed by atoms with van der Waals surface area (Å²) >= 11 is 1.33. The van der Waals surface area contributed by atoms with Crippen molar-refractivity contribution in [3.63, 3.8) is 0 Å². The number of anilines is 1. The van der Waals surface area contributed by atoms with Gasteiger partial charge in [0.1, 0.15) is 6.04 Å². The number of rotatable bonds is 7. The van der Waals surface area contributed by atoms with Gasteiger partial charge in [0.2, 0.25) is 5.91 Å². The van der Waals surface area contributed by atoms with Gasteiger partial charge in [0.05, 0.1) is 11.8 Å². The van der Waals surface area contributed by atoms with Crippen LogP contribution in [0.1, 0.15) is 30.6 Å². The normalized spacial score (nSPS) is 12.0. The molecule has 0 aliphatic carbocycles. The van der Waals surface area contributed by atoms with Gasteiger partial charge in [0.25, 0.3) is 5.91 Å². The third-order valence-corrected chi connectivity index (χ3v) is 4.72. The Morgan fingerprint density at radius 3 is 2.68 bits per heavy atom. The van der Waals surface area contributed by atoms with Crippen LogP contribution in [0.4, 0.5) is 5.13 Å². The van der Waals surface area contributed by atoms with Crippen LogP contribution < -0.4 is 10.6 Å². The van der Waals surface area contributed by atoms with Crippen LogP contribution in [0.25, 0.3) is 11.1 Å². The molecule has 146 valence electrons. The zero-order valence-electron chi connectivity index (χ0n) is 15.9. The number of thiazole rings is 1. The maximum absolute atomic E-state index is 12.8. The molecule has 2 amide bonds. The summed E-state index contributed by atoms with van der Waals surface area (Å²) in [4.78, 5) is 33.6. The lowest BCUT2D eigenvalue weighted by Crippen LogP contribution is -2.44. The van der Waals surface area contributed by atoms with Crippen LogP contribution in [-0.2, 0) is 11.8 Å². The lowest BCUT2D eigenvalue weighted by Gasteiger charge is -2.19. The van der Waals surface area contributed by atoms with Crippen molar-refractivity contribution in [2.75, 3.05) is 5.32 Å². The molecule has 0 spiro atoms. The minimum absolute atomic E-state index is 0.229. The fourth-order valence-electron chi connectivity index (χ4n) is 2.71. The Morgan fingerprint density at radius 2 is 2.04 bits per heavy atom. The molecule has 0 aromatic carbocycles. The predicted octanol–water partition coefficient (Wildman–Crippen LogP) is 2.72. The summed E-state index contributed by atoms with van der Waals surface area (Å²) in [6.45, 7) is 4.00. The molecule has 9 heteroatoms. The van der Waals surface area contributed by atoms with Crippen LogP contribution in [0.15, 0.2) is 42.4 Å². The van der Waals surface area contributed by atoms with Crippen LogP contribution in [0.3, 0.4) is 0 Å². The molecule has 3 aromatic heterocycles. The number of amides is 2. The molecule has 2 N–H and O–H groups in total. The minimum atomic E-state index is -0.668. The van der Waals surface area contributed by atoms with E-state index in [2.05, 4.69) is 25.7 Å². The summed E-state index contributed by atoms with van der Waals surface area (Å²) in [6.07, 6.45) is 8.85. The highest BCUT2D eigenvalue weighted by molar-refractivity contribution is 7.13. The topological polar surface area (TPSA) is 102 Å². The van der Waals surface area contributed by atoms with Crippen molar-refractivity contribution < 1.29 is 9.59 Å². The first kappa shape index (κ1) is 19.7. The van der Waals surface area contributed by atoms with E-state index < -0.39 is 6.04 Å². The molecule has 0 fully saturated rings. The van der Waals surface area contributed by atoms with E-state index in [1.54, 1.807) is 34.7 Å². The Hall–Kier alpha value is -3.07. The molecule has 0 aliphatic rings. The molecular formula is C19H22N6O2S. The van der Waals surface area contributed by atoms with Crippen molar-refractivity contribution in [3.05, 3.63) is 48.0 Å². The van der Waals surface area contributed by atoms with E-state index in [0.717, 1.165) is 11.1 Å². The second-order valence-corrected chi connectivity index (χ2v) is 7.74. The molecule has 3 rings (SSSR count). The lowest BCUT2D eigenvalue weighted by molar-refractivity contribution is -0.118. The molecule has 0 saturated heterocycles. The fraction of sp³-hybridized carbons (Fsp3) is 0.316. The third-order valence-electron chi connectivity index (χ3n) is 4.03. The molecule has 0 bridgehead atoms. The second kappa shape index (κ2) is 8.75.